The Bertz CT molecular complexity index is 1220. The van der Waals surface area contributed by atoms with Gasteiger partial charge in [-0.15, -0.1) is 0 Å². The Hall–Kier alpha value is -2.78. The number of carbonyl (C=O) groups is 1. The standard InChI is InChI=1S/C21H22BrN3O4S/c1-13-5-8-16(22)17(11-13)24-30(27,28)20-12-15(7-10-19(20)29-4)23-21(26)18-9-6-14(2)25(18)3/h5-12,24H,1-4H3,(H,23,26). The number of rotatable bonds is 6. The van der Waals surface area contributed by atoms with Gasteiger partial charge in [0.1, 0.15) is 16.3 Å². The lowest BCUT2D eigenvalue weighted by Gasteiger charge is -2.15. The van der Waals surface area contributed by atoms with Gasteiger partial charge >= 0.3 is 0 Å². The quantitative estimate of drug-likeness (QED) is 0.532. The molecule has 158 valence electrons. The number of sulfonamides is 1. The van der Waals surface area contributed by atoms with Crippen molar-refractivity contribution in [3.63, 3.8) is 0 Å². The maximum absolute atomic E-state index is 13.1. The minimum Gasteiger partial charge on any atom is -0.495 e. The lowest BCUT2D eigenvalue weighted by Crippen LogP contribution is -2.18. The minimum atomic E-state index is -3.98. The number of methoxy groups -OCH3 is 1. The third kappa shape index (κ3) is 4.52. The number of ether oxygens (including phenoxy) is 1. The summed E-state index contributed by atoms with van der Waals surface area (Å²) in [7, 11) is -0.804. The van der Waals surface area contributed by atoms with E-state index in [4.69, 9.17) is 4.74 Å². The van der Waals surface area contributed by atoms with E-state index >= 15 is 0 Å². The molecule has 7 nitrogen and oxygen atoms in total. The van der Waals surface area contributed by atoms with E-state index in [9.17, 15) is 13.2 Å². The number of anilines is 2. The van der Waals surface area contributed by atoms with Crippen LogP contribution in [0.3, 0.4) is 0 Å². The number of benzene rings is 2. The van der Waals surface area contributed by atoms with Gasteiger partial charge in [0.2, 0.25) is 0 Å². The van der Waals surface area contributed by atoms with Gasteiger partial charge in [-0.05, 0) is 77.8 Å². The van der Waals surface area contributed by atoms with Gasteiger partial charge in [-0.1, -0.05) is 6.07 Å². The molecule has 2 N–H and O–H groups in total. The van der Waals surface area contributed by atoms with Crippen molar-refractivity contribution in [2.24, 2.45) is 7.05 Å². The highest BCUT2D eigenvalue weighted by Crippen LogP contribution is 2.31. The minimum absolute atomic E-state index is 0.0840. The zero-order valence-electron chi connectivity index (χ0n) is 17.0. The van der Waals surface area contributed by atoms with E-state index in [1.54, 1.807) is 35.9 Å². The van der Waals surface area contributed by atoms with E-state index < -0.39 is 10.0 Å². The second-order valence-electron chi connectivity index (χ2n) is 6.83. The first kappa shape index (κ1) is 21.9. The fraction of sp³-hybridized carbons (Fsp3) is 0.190. The molecule has 3 aromatic rings. The van der Waals surface area contributed by atoms with Crippen LogP contribution in [0.25, 0.3) is 0 Å². The molecule has 0 aliphatic rings. The molecule has 1 heterocycles. The van der Waals surface area contributed by atoms with Crippen molar-refractivity contribution in [3.8, 4) is 5.75 Å². The maximum Gasteiger partial charge on any atom is 0.272 e. The van der Waals surface area contributed by atoms with Gasteiger partial charge in [-0.25, -0.2) is 8.42 Å². The molecule has 0 bridgehead atoms. The maximum atomic E-state index is 13.1. The predicted molar refractivity (Wildman–Crippen MR) is 121 cm³/mol. The smallest absolute Gasteiger partial charge is 0.272 e. The van der Waals surface area contributed by atoms with Gasteiger partial charge in [0, 0.05) is 22.9 Å². The van der Waals surface area contributed by atoms with Gasteiger partial charge in [0.05, 0.1) is 12.8 Å². The van der Waals surface area contributed by atoms with Crippen LogP contribution in [0.2, 0.25) is 0 Å². The van der Waals surface area contributed by atoms with E-state index in [2.05, 4.69) is 26.0 Å². The van der Waals surface area contributed by atoms with Crippen LogP contribution in [0.1, 0.15) is 21.7 Å². The van der Waals surface area contributed by atoms with E-state index in [0.717, 1.165) is 11.3 Å². The Morgan fingerprint density at radius 1 is 1.07 bits per heavy atom. The van der Waals surface area contributed by atoms with Crippen molar-refractivity contribution in [1.82, 2.24) is 4.57 Å². The first-order valence-corrected chi connectivity index (χ1v) is 11.3. The summed E-state index contributed by atoms with van der Waals surface area (Å²) in [6.07, 6.45) is 0. The SMILES string of the molecule is COc1ccc(NC(=O)c2ccc(C)n2C)cc1S(=O)(=O)Nc1cc(C)ccc1Br. The Labute approximate surface area is 184 Å². The Kier molecular flexibility index (Phi) is 6.23. The normalized spacial score (nSPS) is 11.2. The molecule has 0 atom stereocenters. The summed E-state index contributed by atoms with van der Waals surface area (Å²) in [6.45, 7) is 3.76. The largest absolute Gasteiger partial charge is 0.495 e. The second kappa shape index (κ2) is 8.53. The summed E-state index contributed by atoms with van der Waals surface area (Å²) in [6, 6.07) is 13.4. The highest BCUT2D eigenvalue weighted by Gasteiger charge is 2.22. The molecule has 0 aliphatic heterocycles. The third-order valence-electron chi connectivity index (χ3n) is 4.68. The molecule has 2 aromatic carbocycles. The van der Waals surface area contributed by atoms with Crippen LogP contribution in [0.5, 0.6) is 5.75 Å². The Morgan fingerprint density at radius 3 is 2.43 bits per heavy atom. The number of hydrogen-bond acceptors (Lipinski definition) is 4. The number of amides is 1. The van der Waals surface area contributed by atoms with Crippen LogP contribution in [0, 0.1) is 13.8 Å². The summed E-state index contributed by atoms with van der Waals surface area (Å²) < 4.78 is 36.3. The monoisotopic (exact) mass is 491 g/mol. The lowest BCUT2D eigenvalue weighted by atomic mass is 10.2. The highest BCUT2D eigenvalue weighted by atomic mass is 79.9. The van der Waals surface area contributed by atoms with E-state index in [0.29, 0.717) is 21.5 Å². The molecular weight excluding hydrogens is 470 g/mol. The summed E-state index contributed by atoms with van der Waals surface area (Å²) in [5.74, 6) is -0.174. The zero-order valence-corrected chi connectivity index (χ0v) is 19.4. The molecular formula is C21H22BrN3O4S. The van der Waals surface area contributed by atoms with Crippen LogP contribution in [0.15, 0.2) is 57.9 Å². The molecule has 0 spiro atoms. The zero-order chi connectivity index (χ0) is 22.1. The number of nitrogens with zero attached hydrogens (tertiary/aromatic N) is 1. The summed E-state index contributed by atoms with van der Waals surface area (Å²) >= 11 is 3.36. The van der Waals surface area contributed by atoms with Crippen molar-refractivity contribution in [1.29, 1.82) is 0 Å². The number of hydrogen-bond donors (Lipinski definition) is 2. The first-order valence-electron chi connectivity index (χ1n) is 9.03. The van der Waals surface area contributed by atoms with Gasteiger partial charge in [0.25, 0.3) is 15.9 Å². The molecule has 0 unspecified atom stereocenters. The van der Waals surface area contributed by atoms with Crippen LogP contribution >= 0.6 is 15.9 Å². The number of aryl methyl sites for hydroxylation is 2. The van der Waals surface area contributed by atoms with Crippen LogP contribution < -0.4 is 14.8 Å². The average molecular weight is 492 g/mol. The number of carbonyl (C=O) groups excluding carboxylic acids is 1. The molecule has 3 rings (SSSR count). The molecule has 1 amide bonds. The van der Waals surface area contributed by atoms with E-state index in [-0.39, 0.29) is 16.6 Å². The first-order chi connectivity index (χ1) is 14.1. The molecule has 1 aromatic heterocycles. The molecule has 0 aliphatic carbocycles. The van der Waals surface area contributed by atoms with Gasteiger partial charge in [-0.2, -0.15) is 0 Å². The van der Waals surface area contributed by atoms with E-state index in [1.165, 1.54) is 19.2 Å². The summed E-state index contributed by atoms with van der Waals surface area (Å²) in [5.41, 5.74) is 3.05. The van der Waals surface area contributed by atoms with Crippen LogP contribution in [0.4, 0.5) is 11.4 Å². The van der Waals surface area contributed by atoms with Crippen molar-refractivity contribution < 1.29 is 17.9 Å². The van der Waals surface area contributed by atoms with Crippen molar-refractivity contribution in [2.45, 2.75) is 18.7 Å². The molecule has 9 heteroatoms. The van der Waals surface area contributed by atoms with Crippen molar-refractivity contribution in [2.75, 3.05) is 17.1 Å². The predicted octanol–water partition coefficient (Wildman–Crippen LogP) is 4.47. The second-order valence-corrected chi connectivity index (χ2v) is 9.33. The molecule has 0 radical (unpaired) electrons. The van der Waals surface area contributed by atoms with Gasteiger partial charge in [0.15, 0.2) is 0 Å². The van der Waals surface area contributed by atoms with Crippen LogP contribution in [-0.4, -0.2) is 26.0 Å². The topological polar surface area (TPSA) is 89.4 Å². The molecule has 0 saturated heterocycles. The molecule has 0 fully saturated rings. The van der Waals surface area contributed by atoms with E-state index in [1.807, 2.05) is 26.0 Å². The van der Waals surface area contributed by atoms with Gasteiger partial charge in [-0.3, -0.25) is 9.52 Å². The fourth-order valence-electron chi connectivity index (χ4n) is 2.92. The molecule has 0 saturated carbocycles. The van der Waals surface area contributed by atoms with Crippen molar-refractivity contribution >= 4 is 43.2 Å². The number of halogens is 1. The van der Waals surface area contributed by atoms with Crippen LogP contribution in [-0.2, 0) is 17.1 Å². The lowest BCUT2D eigenvalue weighted by molar-refractivity contribution is 0.101. The number of aromatic nitrogens is 1. The summed E-state index contributed by atoms with van der Waals surface area (Å²) in [4.78, 5) is 12.5. The number of nitrogens with one attached hydrogen (secondary N) is 2. The summed E-state index contributed by atoms with van der Waals surface area (Å²) in [5, 5.41) is 2.74. The average Bonchev–Trinajstić information content (AvgIpc) is 3.03. The molecule has 30 heavy (non-hydrogen) atoms. The highest BCUT2D eigenvalue weighted by molar-refractivity contribution is 9.10. The van der Waals surface area contributed by atoms with Gasteiger partial charge < -0.3 is 14.6 Å². The third-order valence-corrected chi connectivity index (χ3v) is 6.76. The van der Waals surface area contributed by atoms with Crippen molar-refractivity contribution in [3.05, 3.63) is 70.0 Å². The Balaban J connectivity index is 1.95. The Morgan fingerprint density at radius 2 is 1.80 bits per heavy atom. The fourth-order valence-corrected chi connectivity index (χ4v) is 4.66.